The van der Waals surface area contributed by atoms with E-state index in [0.29, 0.717) is 6.54 Å². The maximum absolute atomic E-state index is 11.5. The highest BCUT2D eigenvalue weighted by Gasteiger charge is 2.34. The van der Waals surface area contributed by atoms with Crippen molar-refractivity contribution in [3.63, 3.8) is 0 Å². The number of hydrogen-bond acceptors (Lipinski definition) is 2. The standard InChI is InChI=1S/C12H11NO2/c1-13-7-10(11(8-14)12(13)15)9-5-3-2-4-6-9/h2-6,10H,7H2,1H3. The van der Waals surface area contributed by atoms with Crippen LogP contribution in [0, 0.1) is 0 Å². The second-order valence-electron chi connectivity index (χ2n) is 3.66. The van der Waals surface area contributed by atoms with Gasteiger partial charge < -0.3 is 4.90 Å². The number of carbonyl (C=O) groups excluding carboxylic acids is 2. The molecule has 0 saturated carbocycles. The van der Waals surface area contributed by atoms with E-state index >= 15 is 0 Å². The van der Waals surface area contributed by atoms with E-state index in [4.69, 9.17) is 0 Å². The molecular formula is C12H11NO2. The van der Waals surface area contributed by atoms with E-state index in [1.54, 1.807) is 17.9 Å². The summed E-state index contributed by atoms with van der Waals surface area (Å²) in [6.45, 7) is 0.563. The number of benzene rings is 1. The van der Waals surface area contributed by atoms with Crippen molar-refractivity contribution in [1.82, 2.24) is 4.90 Å². The van der Waals surface area contributed by atoms with Gasteiger partial charge in [0.15, 0.2) is 0 Å². The van der Waals surface area contributed by atoms with Crippen LogP contribution in [0.4, 0.5) is 0 Å². The lowest BCUT2D eigenvalue weighted by Crippen LogP contribution is -2.19. The molecule has 0 spiro atoms. The zero-order valence-corrected chi connectivity index (χ0v) is 8.43. The van der Waals surface area contributed by atoms with Crippen LogP contribution in [0.5, 0.6) is 0 Å². The van der Waals surface area contributed by atoms with E-state index in [-0.39, 0.29) is 17.4 Å². The number of hydrogen-bond donors (Lipinski definition) is 0. The number of likely N-dealkylation sites (N-methyl/N-ethyl adjacent to an activating group) is 1. The highest BCUT2D eigenvalue weighted by atomic mass is 16.2. The van der Waals surface area contributed by atoms with E-state index < -0.39 is 0 Å². The maximum Gasteiger partial charge on any atom is 0.261 e. The Morgan fingerprint density at radius 1 is 1.33 bits per heavy atom. The Labute approximate surface area is 88.0 Å². The van der Waals surface area contributed by atoms with E-state index in [2.05, 4.69) is 0 Å². The summed E-state index contributed by atoms with van der Waals surface area (Å²) in [5, 5.41) is 0. The Morgan fingerprint density at radius 3 is 2.60 bits per heavy atom. The van der Waals surface area contributed by atoms with Crippen LogP contribution in [-0.4, -0.2) is 30.3 Å². The molecule has 1 heterocycles. The summed E-state index contributed by atoms with van der Waals surface area (Å²) in [6.07, 6.45) is 0. The molecular weight excluding hydrogens is 190 g/mol. The molecule has 0 aromatic heterocycles. The summed E-state index contributed by atoms with van der Waals surface area (Å²) in [5.41, 5.74) is 1.23. The molecule has 0 radical (unpaired) electrons. The Morgan fingerprint density at radius 2 is 2.00 bits per heavy atom. The quantitative estimate of drug-likeness (QED) is 0.502. The minimum atomic E-state index is -0.209. The molecule has 1 aliphatic heterocycles. The van der Waals surface area contributed by atoms with Gasteiger partial charge in [0, 0.05) is 19.5 Å². The van der Waals surface area contributed by atoms with Crippen LogP contribution in [-0.2, 0) is 9.59 Å². The minimum absolute atomic E-state index is 0.124. The molecule has 1 unspecified atom stereocenters. The predicted molar refractivity (Wildman–Crippen MR) is 56.0 cm³/mol. The summed E-state index contributed by atoms with van der Waals surface area (Å²) >= 11 is 0. The van der Waals surface area contributed by atoms with Gasteiger partial charge in [0.2, 0.25) is 0 Å². The summed E-state index contributed by atoms with van der Waals surface area (Å²) in [6, 6.07) is 9.57. The summed E-state index contributed by atoms with van der Waals surface area (Å²) in [7, 11) is 1.70. The van der Waals surface area contributed by atoms with Crippen molar-refractivity contribution in [3.05, 3.63) is 41.5 Å². The second-order valence-corrected chi connectivity index (χ2v) is 3.66. The first-order chi connectivity index (χ1) is 7.24. The SMILES string of the molecule is CN1CC(c2ccccc2)C(=C=O)C1=O. The van der Waals surface area contributed by atoms with Gasteiger partial charge in [-0.1, -0.05) is 30.3 Å². The molecule has 1 aromatic rings. The number of nitrogens with zero attached hydrogens (tertiary/aromatic N) is 1. The lowest BCUT2D eigenvalue weighted by atomic mass is 9.95. The summed E-state index contributed by atoms with van der Waals surface area (Å²) in [4.78, 5) is 23.8. The van der Waals surface area contributed by atoms with Gasteiger partial charge in [-0.15, -0.1) is 0 Å². The fraction of sp³-hybridized carbons (Fsp3) is 0.250. The van der Waals surface area contributed by atoms with Crippen LogP contribution in [0.15, 0.2) is 35.9 Å². The molecule has 3 nitrogen and oxygen atoms in total. The normalized spacial score (nSPS) is 20.6. The largest absolute Gasteiger partial charge is 0.340 e. The zero-order valence-electron chi connectivity index (χ0n) is 8.43. The Balaban J connectivity index is 2.40. The summed E-state index contributed by atoms with van der Waals surface area (Å²) < 4.78 is 0. The van der Waals surface area contributed by atoms with Crippen molar-refractivity contribution in [3.8, 4) is 0 Å². The molecule has 0 N–H and O–H groups in total. The number of carbonyl (C=O) groups is 1. The molecule has 0 aliphatic carbocycles. The first-order valence-electron chi connectivity index (χ1n) is 4.79. The number of rotatable bonds is 1. The third kappa shape index (κ3) is 1.58. The second kappa shape index (κ2) is 3.71. The lowest BCUT2D eigenvalue weighted by Gasteiger charge is -2.09. The van der Waals surface area contributed by atoms with E-state index in [1.807, 2.05) is 30.3 Å². The molecule has 0 bridgehead atoms. The van der Waals surface area contributed by atoms with Crippen molar-refractivity contribution >= 4 is 11.8 Å². The van der Waals surface area contributed by atoms with Gasteiger partial charge in [0.1, 0.15) is 11.5 Å². The van der Waals surface area contributed by atoms with Gasteiger partial charge in [-0.05, 0) is 5.56 Å². The third-order valence-electron chi connectivity index (χ3n) is 2.69. The highest BCUT2D eigenvalue weighted by molar-refractivity contribution is 6.04. The van der Waals surface area contributed by atoms with Crippen molar-refractivity contribution in [2.24, 2.45) is 0 Å². The zero-order chi connectivity index (χ0) is 10.8. The number of amides is 1. The van der Waals surface area contributed by atoms with Gasteiger partial charge in [0.05, 0.1) is 0 Å². The number of likely N-dealkylation sites (tertiary alicyclic amines) is 1. The van der Waals surface area contributed by atoms with Crippen LogP contribution < -0.4 is 0 Å². The fourth-order valence-electron chi connectivity index (χ4n) is 1.87. The molecule has 1 aliphatic rings. The van der Waals surface area contributed by atoms with Gasteiger partial charge in [-0.25, -0.2) is 4.79 Å². The average molecular weight is 201 g/mol. The highest BCUT2D eigenvalue weighted by Crippen LogP contribution is 2.30. The Hall–Kier alpha value is -1.86. The molecule has 3 heteroatoms. The van der Waals surface area contributed by atoms with Gasteiger partial charge in [-0.2, -0.15) is 0 Å². The van der Waals surface area contributed by atoms with Crippen LogP contribution in [0.3, 0.4) is 0 Å². The first kappa shape index (κ1) is 9.69. The van der Waals surface area contributed by atoms with Crippen molar-refractivity contribution in [1.29, 1.82) is 0 Å². The third-order valence-corrected chi connectivity index (χ3v) is 2.69. The fourth-order valence-corrected chi connectivity index (χ4v) is 1.87. The maximum atomic E-state index is 11.5. The average Bonchev–Trinajstić information content (AvgIpc) is 2.56. The van der Waals surface area contributed by atoms with Crippen LogP contribution in [0.1, 0.15) is 11.5 Å². The molecule has 1 amide bonds. The van der Waals surface area contributed by atoms with Gasteiger partial charge >= 0.3 is 0 Å². The predicted octanol–water partition coefficient (Wildman–Crippen LogP) is 1.00. The van der Waals surface area contributed by atoms with Crippen LogP contribution in [0.25, 0.3) is 0 Å². The molecule has 76 valence electrons. The van der Waals surface area contributed by atoms with E-state index in [1.165, 1.54) is 0 Å². The molecule has 1 aromatic carbocycles. The Kier molecular flexibility index (Phi) is 2.40. The van der Waals surface area contributed by atoms with Crippen LogP contribution in [0.2, 0.25) is 0 Å². The van der Waals surface area contributed by atoms with Gasteiger partial charge in [0.25, 0.3) is 5.91 Å². The first-order valence-corrected chi connectivity index (χ1v) is 4.79. The minimum Gasteiger partial charge on any atom is -0.340 e. The van der Waals surface area contributed by atoms with Crippen molar-refractivity contribution < 1.29 is 9.59 Å². The van der Waals surface area contributed by atoms with E-state index in [0.717, 1.165) is 5.56 Å². The van der Waals surface area contributed by atoms with Crippen LogP contribution >= 0.6 is 0 Å². The Bertz CT molecular complexity index is 432. The van der Waals surface area contributed by atoms with Crippen molar-refractivity contribution in [2.45, 2.75) is 5.92 Å². The lowest BCUT2D eigenvalue weighted by molar-refractivity contribution is -0.123. The molecule has 1 saturated heterocycles. The topological polar surface area (TPSA) is 37.4 Å². The molecule has 1 fully saturated rings. The smallest absolute Gasteiger partial charge is 0.261 e. The molecule has 2 rings (SSSR count). The molecule has 15 heavy (non-hydrogen) atoms. The van der Waals surface area contributed by atoms with Gasteiger partial charge in [-0.3, -0.25) is 4.79 Å². The monoisotopic (exact) mass is 201 g/mol. The molecule has 1 atom stereocenters. The summed E-state index contributed by atoms with van der Waals surface area (Å²) in [5.74, 6) is 1.43. The van der Waals surface area contributed by atoms with E-state index in [9.17, 15) is 9.59 Å². The van der Waals surface area contributed by atoms with Crippen molar-refractivity contribution in [2.75, 3.05) is 13.6 Å².